The van der Waals surface area contributed by atoms with Gasteiger partial charge in [0.25, 0.3) is 0 Å². The van der Waals surface area contributed by atoms with Crippen molar-refractivity contribution in [3.63, 3.8) is 0 Å². The zero-order chi connectivity index (χ0) is 11.2. The molecular formula is C12H22N4. The lowest BCUT2D eigenvalue weighted by Crippen LogP contribution is -2.42. The fraction of sp³-hybridized carbons (Fsp3) is 0.750. The van der Waals surface area contributed by atoms with Crippen molar-refractivity contribution in [2.45, 2.75) is 38.3 Å². The molecule has 1 heterocycles. The van der Waals surface area contributed by atoms with Crippen LogP contribution in [0.1, 0.15) is 25.7 Å². The zero-order valence-electron chi connectivity index (χ0n) is 9.89. The molecule has 0 atom stereocenters. The molecule has 0 bridgehead atoms. The first-order valence-electron chi connectivity index (χ1n) is 6.31. The summed E-state index contributed by atoms with van der Waals surface area (Å²) in [5.74, 6) is 0. The lowest BCUT2D eigenvalue weighted by molar-refractivity contribution is 0.120. The first-order chi connectivity index (χ1) is 7.90. The van der Waals surface area contributed by atoms with Gasteiger partial charge in [-0.15, -0.1) is 0 Å². The number of nitrogens with two attached hydrogens (primary N) is 1. The molecule has 4 heteroatoms. The van der Waals surface area contributed by atoms with E-state index in [-0.39, 0.29) is 0 Å². The molecule has 1 aliphatic rings. The maximum Gasteiger partial charge on any atom is 0.0536 e. The van der Waals surface area contributed by atoms with Crippen molar-refractivity contribution in [1.29, 1.82) is 0 Å². The van der Waals surface area contributed by atoms with Crippen molar-refractivity contribution in [2.24, 2.45) is 5.73 Å². The van der Waals surface area contributed by atoms with Crippen LogP contribution < -0.4 is 5.73 Å². The summed E-state index contributed by atoms with van der Waals surface area (Å²) in [6, 6.07) is 2.79. The standard InChI is InChI=1S/C12H22N4/c13-6-2-8-15(12-4-1-5-12)10-11-16-9-3-7-14-16/h3,7,9,12H,1-2,4-6,8,10-11,13H2. The predicted molar refractivity (Wildman–Crippen MR) is 65.1 cm³/mol. The summed E-state index contributed by atoms with van der Waals surface area (Å²) in [6.07, 6.45) is 9.10. The quantitative estimate of drug-likeness (QED) is 0.751. The molecule has 1 saturated carbocycles. The Morgan fingerprint density at radius 2 is 2.25 bits per heavy atom. The van der Waals surface area contributed by atoms with Crippen molar-refractivity contribution >= 4 is 0 Å². The molecule has 16 heavy (non-hydrogen) atoms. The van der Waals surface area contributed by atoms with Crippen LogP contribution in [-0.4, -0.2) is 40.4 Å². The fourth-order valence-corrected chi connectivity index (χ4v) is 2.19. The van der Waals surface area contributed by atoms with Crippen molar-refractivity contribution in [1.82, 2.24) is 14.7 Å². The van der Waals surface area contributed by atoms with Crippen molar-refractivity contribution in [3.05, 3.63) is 18.5 Å². The highest BCUT2D eigenvalue weighted by Gasteiger charge is 2.23. The molecule has 90 valence electrons. The summed E-state index contributed by atoms with van der Waals surface area (Å²) < 4.78 is 2.01. The van der Waals surface area contributed by atoms with Gasteiger partial charge >= 0.3 is 0 Å². The van der Waals surface area contributed by atoms with E-state index in [1.807, 2.05) is 23.1 Å². The normalized spacial score (nSPS) is 16.6. The Labute approximate surface area is 97.4 Å². The lowest BCUT2D eigenvalue weighted by atomic mass is 9.91. The molecular weight excluding hydrogens is 200 g/mol. The van der Waals surface area contributed by atoms with Gasteiger partial charge in [0.1, 0.15) is 0 Å². The van der Waals surface area contributed by atoms with E-state index in [2.05, 4.69) is 10.00 Å². The fourth-order valence-electron chi connectivity index (χ4n) is 2.19. The third kappa shape index (κ3) is 3.06. The van der Waals surface area contributed by atoms with Gasteiger partial charge in [-0.1, -0.05) is 6.42 Å². The number of hydrogen-bond donors (Lipinski definition) is 1. The third-order valence-corrected chi connectivity index (χ3v) is 3.42. The van der Waals surface area contributed by atoms with Gasteiger partial charge in [0.15, 0.2) is 0 Å². The highest BCUT2D eigenvalue weighted by atomic mass is 15.3. The molecule has 4 nitrogen and oxygen atoms in total. The number of hydrogen-bond acceptors (Lipinski definition) is 3. The minimum absolute atomic E-state index is 0.797. The van der Waals surface area contributed by atoms with E-state index in [0.29, 0.717) is 0 Å². The molecule has 2 rings (SSSR count). The minimum Gasteiger partial charge on any atom is -0.330 e. The van der Waals surface area contributed by atoms with Crippen LogP contribution in [0.4, 0.5) is 0 Å². The highest BCUT2D eigenvalue weighted by Crippen LogP contribution is 2.24. The van der Waals surface area contributed by atoms with E-state index in [1.54, 1.807) is 0 Å². The predicted octanol–water partition coefficient (Wildman–Crippen LogP) is 1.09. The van der Waals surface area contributed by atoms with Crippen LogP contribution in [0, 0.1) is 0 Å². The number of nitrogens with zero attached hydrogens (tertiary/aromatic N) is 3. The van der Waals surface area contributed by atoms with Gasteiger partial charge in [-0.3, -0.25) is 9.58 Å². The molecule has 0 aliphatic heterocycles. The van der Waals surface area contributed by atoms with Gasteiger partial charge in [0, 0.05) is 25.0 Å². The summed E-state index contributed by atoms with van der Waals surface area (Å²) in [5, 5.41) is 4.24. The monoisotopic (exact) mass is 222 g/mol. The van der Waals surface area contributed by atoms with Crippen LogP contribution in [0.15, 0.2) is 18.5 Å². The first kappa shape index (κ1) is 11.6. The molecule has 1 aliphatic carbocycles. The Hall–Kier alpha value is -0.870. The van der Waals surface area contributed by atoms with Crippen LogP contribution in [0.5, 0.6) is 0 Å². The number of rotatable bonds is 7. The van der Waals surface area contributed by atoms with Crippen LogP contribution in [-0.2, 0) is 6.54 Å². The molecule has 1 aromatic heterocycles. The van der Waals surface area contributed by atoms with E-state index >= 15 is 0 Å². The van der Waals surface area contributed by atoms with Gasteiger partial charge in [-0.2, -0.15) is 5.10 Å². The largest absolute Gasteiger partial charge is 0.330 e. The molecule has 0 unspecified atom stereocenters. The molecule has 0 radical (unpaired) electrons. The average Bonchev–Trinajstić information content (AvgIpc) is 2.72. The van der Waals surface area contributed by atoms with E-state index in [0.717, 1.165) is 38.6 Å². The molecule has 2 N–H and O–H groups in total. The SMILES string of the molecule is NCCCN(CCn1cccn1)C1CCC1. The second kappa shape index (κ2) is 6.01. The minimum atomic E-state index is 0.797. The Balaban J connectivity index is 1.76. The van der Waals surface area contributed by atoms with Gasteiger partial charge in [-0.25, -0.2) is 0 Å². The lowest BCUT2D eigenvalue weighted by Gasteiger charge is -2.37. The van der Waals surface area contributed by atoms with Gasteiger partial charge in [0.2, 0.25) is 0 Å². The Bertz CT molecular complexity index is 279. The molecule has 1 fully saturated rings. The second-order valence-corrected chi connectivity index (χ2v) is 4.53. The zero-order valence-corrected chi connectivity index (χ0v) is 9.89. The second-order valence-electron chi connectivity index (χ2n) is 4.53. The first-order valence-corrected chi connectivity index (χ1v) is 6.31. The summed E-state index contributed by atoms with van der Waals surface area (Å²) in [6.45, 7) is 4.04. The van der Waals surface area contributed by atoms with Crippen LogP contribution in [0.25, 0.3) is 0 Å². The Kier molecular flexibility index (Phi) is 4.36. The van der Waals surface area contributed by atoms with Crippen LogP contribution in [0.3, 0.4) is 0 Å². The van der Waals surface area contributed by atoms with Gasteiger partial charge in [-0.05, 0) is 38.4 Å². The molecule has 0 saturated heterocycles. The molecule has 1 aromatic rings. The van der Waals surface area contributed by atoms with Crippen LogP contribution >= 0.6 is 0 Å². The maximum absolute atomic E-state index is 5.58. The maximum atomic E-state index is 5.58. The van der Waals surface area contributed by atoms with E-state index in [9.17, 15) is 0 Å². The number of aromatic nitrogens is 2. The average molecular weight is 222 g/mol. The Morgan fingerprint density at radius 3 is 2.81 bits per heavy atom. The molecule has 0 amide bonds. The third-order valence-electron chi connectivity index (χ3n) is 3.42. The topological polar surface area (TPSA) is 47.1 Å². The summed E-state index contributed by atoms with van der Waals surface area (Å²) in [5.41, 5.74) is 5.58. The van der Waals surface area contributed by atoms with Gasteiger partial charge in [0.05, 0.1) is 6.54 Å². The molecule has 0 aromatic carbocycles. The highest BCUT2D eigenvalue weighted by molar-refractivity contribution is 4.81. The smallest absolute Gasteiger partial charge is 0.0536 e. The molecule has 0 spiro atoms. The summed E-state index contributed by atoms with van der Waals surface area (Å²) in [4.78, 5) is 2.58. The van der Waals surface area contributed by atoms with E-state index in [1.165, 1.54) is 19.3 Å². The van der Waals surface area contributed by atoms with Crippen molar-refractivity contribution in [2.75, 3.05) is 19.6 Å². The van der Waals surface area contributed by atoms with E-state index in [4.69, 9.17) is 5.73 Å². The Morgan fingerprint density at radius 1 is 1.38 bits per heavy atom. The van der Waals surface area contributed by atoms with E-state index < -0.39 is 0 Å². The van der Waals surface area contributed by atoms with Gasteiger partial charge < -0.3 is 5.73 Å². The van der Waals surface area contributed by atoms with Crippen LogP contribution in [0.2, 0.25) is 0 Å². The summed E-state index contributed by atoms with van der Waals surface area (Å²) >= 11 is 0. The van der Waals surface area contributed by atoms with Crippen molar-refractivity contribution < 1.29 is 0 Å². The van der Waals surface area contributed by atoms with Crippen molar-refractivity contribution in [3.8, 4) is 0 Å². The summed E-state index contributed by atoms with van der Waals surface area (Å²) in [7, 11) is 0.